The maximum absolute atomic E-state index is 3.59. The number of rotatable bonds is 4. The highest BCUT2D eigenvalue weighted by atomic mass is 32.1. The molecule has 1 heterocycles. The lowest BCUT2D eigenvalue weighted by atomic mass is 9.80. The summed E-state index contributed by atoms with van der Waals surface area (Å²) < 4.78 is 0. The van der Waals surface area contributed by atoms with E-state index in [4.69, 9.17) is 0 Å². The summed E-state index contributed by atoms with van der Waals surface area (Å²) in [5.74, 6) is 0.943. The van der Waals surface area contributed by atoms with Crippen LogP contribution in [0.3, 0.4) is 0 Å². The molecule has 1 aromatic rings. The third-order valence-corrected chi connectivity index (χ3v) is 3.80. The fourth-order valence-electron chi connectivity index (χ4n) is 1.78. The molecular formula is C11H17NS. The first kappa shape index (κ1) is 9.22. The Hall–Kier alpha value is -0.340. The summed E-state index contributed by atoms with van der Waals surface area (Å²) in [7, 11) is 0. The molecule has 72 valence electrons. The third kappa shape index (κ3) is 2.32. The number of thiophene rings is 1. The number of hydrogen-bond acceptors (Lipinski definition) is 2. The first-order valence-corrected chi connectivity index (χ1v) is 6.05. The summed E-state index contributed by atoms with van der Waals surface area (Å²) in [5, 5.41) is 7.96. The van der Waals surface area contributed by atoms with Gasteiger partial charge in [0.2, 0.25) is 0 Å². The molecule has 13 heavy (non-hydrogen) atoms. The summed E-state index contributed by atoms with van der Waals surface area (Å²) in [6, 6.07) is 2.90. The fraction of sp³-hybridized carbons (Fsp3) is 0.636. The summed E-state index contributed by atoms with van der Waals surface area (Å²) >= 11 is 1.78. The van der Waals surface area contributed by atoms with Crippen molar-refractivity contribution in [1.82, 2.24) is 5.32 Å². The van der Waals surface area contributed by atoms with E-state index in [0.29, 0.717) is 6.04 Å². The molecule has 0 aromatic carbocycles. The van der Waals surface area contributed by atoms with E-state index in [2.05, 4.69) is 29.1 Å². The van der Waals surface area contributed by atoms with E-state index < -0.39 is 0 Å². The standard InChI is InChI=1S/C11H17NS/c1-9(11-3-2-4-11)12-7-10-5-6-13-8-10/h5-6,8-9,11-12H,2-4,7H2,1H3. The minimum atomic E-state index is 0.702. The smallest absolute Gasteiger partial charge is 0.0216 e. The van der Waals surface area contributed by atoms with Crippen molar-refractivity contribution in [3.05, 3.63) is 22.4 Å². The molecule has 0 aliphatic heterocycles. The van der Waals surface area contributed by atoms with E-state index >= 15 is 0 Å². The Labute approximate surface area is 84.2 Å². The molecule has 0 spiro atoms. The maximum Gasteiger partial charge on any atom is 0.0216 e. The van der Waals surface area contributed by atoms with Crippen molar-refractivity contribution >= 4 is 11.3 Å². The van der Waals surface area contributed by atoms with Crippen molar-refractivity contribution in [3.8, 4) is 0 Å². The second-order valence-electron chi connectivity index (χ2n) is 3.99. The molecule has 1 aliphatic rings. The number of nitrogens with one attached hydrogen (secondary N) is 1. The molecule has 0 saturated heterocycles. The minimum Gasteiger partial charge on any atom is -0.310 e. The zero-order chi connectivity index (χ0) is 9.10. The van der Waals surface area contributed by atoms with Gasteiger partial charge >= 0.3 is 0 Å². The largest absolute Gasteiger partial charge is 0.310 e. The zero-order valence-electron chi connectivity index (χ0n) is 8.12. The van der Waals surface area contributed by atoms with Crippen LogP contribution in [0.4, 0.5) is 0 Å². The fourth-order valence-corrected chi connectivity index (χ4v) is 2.45. The van der Waals surface area contributed by atoms with E-state index in [0.717, 1.165) is 12.5 Å². The van der Waals surface area contributed by atoms with Crippen molar-refractivity contribution in [1.29, 1.82) is 0 Å². The average Bonchev–Trinajstić information content (AvgIpc) is 2.49. The van der Waals surface area contributed by atoms with Gasteiger partial charge in [-0.2, -0.15) is 11.3 Å². The SMILES string of the molecule is CC(NCc1ccsc1)C1CCC1. The second-order valence-corrected chi connectivity index (χ2v) is 4.77. The van der Waals surface area contributed by atoms with Crippen LogP contribution in [-0.4, -0.2) is 6.04 Å². The van der Waals surface area contributed by atoms with Crippen LogP contribution in [0.15, 0.2) is 16.8 Å². The molecule has 1 nitrogen and oxygen atoms in total. The summed E-state index contributed by atoms with van der Waals surface area (Å²) in [5.41, 5.74) is 1.43. The van der Waals surface area contributed by atoms with E-state index in [-0.39, 0.29) is 0 Å². The van der Waals surface area contributed by atoms with Crippen molar-refractivity contribution < 1.29 is 0 Å². The zero-order valence-corrected chi connectivity index (χ0v) is 8.94. The monoisotopic (exact) mass is 195 g/mol. The molecule has 1 saturated carbocycles. The first-order chi connectivity index (χ1) is 6.36. The van der Waals surface area contributed by atoms with Gasteiger partial charge in [-0.25, -0.2) is 0 Å². The van der Waals surface area contributed by atoms with E-state index in [9.17, 15) is 0 Å². The lowest BCUT2D eigenvalue weighted by Gasteiger charge is -2.32. The highest BCUT2D eigenvalue weighted by molar-refractivity contribution is 7.07. The van der Waals surface area contributed by atoms with Gasteiger partial charge in [-0.05, 0) is 48.1 Å². The highest BCUT2D eigenvalue weighted by Gasteiger charge is 2.23. The van der Waals surface area contributed by atoms with Crippen LogP contribution in [0.25, 0.3) is 0 Å². The molecule has 1 aromatic heterocycles. The third-order valence-electron chi connectivity index (χ3n) is 3.07. The van der Waals surface area contributed by atoms with Gasteiger partial charge in [-0.3, -0.25) is 0 Å². The van der Waals surface area contributed by atoms with Crippen molar-refractivity contribution in [2.24, 2.45) is 5.92 Å². The molecule has 1 fully saturated rings. The molecule has 0 bridgehead atoms. The summed E-state index contributed by atoms with van der Waals surface area (Å²) in [6.45, 7) is 3.36. The molecule has 1 atom stereocenters. The van der Waals surface area contributed by atoms with Crippen LogP contribution in [0.5, 0.6) is 0 Å². The van der Waals surface area contributed by atoms with Crippen LogP contribution in [0.1, 0.15) is 31.7 Å². The van der Waals surface area contributed by atoms with Gasteiger partial charge in [0.05, 0.1) is 0 Å². The van der Waals surface area contributed by atoms with Crippen LogP contribution in [0.2, 0.25) is 0 Å². The second kappa shape index (κ2) is 4.25. The van der Waals surface area contributed by atoms with Crippen LogP contribution in [-0.2, 0) is 6.54 Å². The molecule has 0 radical (unpaired) electrons. The molecule has 2 heteroatoms. The van der Waals surface area contributed by atoms with Gasteiger partial charge in [-0.1, -0.05) is 6.42 Å². The van der Waals surface area contributed by atoms with Gasteiger partial charge in [-0.15, -0.1) is 0 Å². The number of hydrogen-bond donors (Lipinski definition) is 1. The van der Waals surface area contributed by atoms with Gasteiger partial charge in [0.25, 0.3) is 0 Å². The predicted molar refractivity (Wildman–Crippen MR) is 58.0 cm³/mol. The van der Waals surface area contributed by atoms with Crippen molar-refractivity contribution in [2.75, 3.05) is 0 Å². The Morgan fingerprint density at radius 3 is 3.00 bits per heavy atom. The normalized spacial score (nSPS) is 19.8. The predicted octanol–water partition coefficient (Wildman–Crippen LogP) is 3.03. The topological polar surface area (TPSA) is 12.0 Å². The van der Waals surface area contributed by atoms with Crippen LogP contribution in [0, 0.1) is 5.92 Å². The molecule has 0 amide bonds. The van der Waals surface area contributed by atoms with Crippen LogP contribution < -0.4 is 5.32 Å². The first-order valence-electron chi connectivity index (χ1n) is 5.11. The molecule has 1 unspecified atom stereocenters. The molecular weight excluding hydrogens is 178 g/mol. The van der Waals surface area contributed by atoms with Gasteiger partial charge in [0, 0.05) is 12.6 Å². The summed E-state index contributed by atoms with van der Waals surface area (Å²) in [6.07, 6.45) is 4.30. The van der Waals surface area contributed by atoms with Gasteiger partial charge in [0.15, 0.2) is 0 Å². The lowest BCUT2D eigenvalue weighted by Crippen LogP contribution is -2.36. The lowest BCUT2D eigenvalue weighted by molar-refractivity contribution is 0.240. The molecule has 2 rings (SSSR count). The van der Waals surface area contributed by atoms with E-state index in [1.54, 1.807) is 11.3 Å². The van der Waals surface area contributed by atoms with Crippen LogP contribution >= 0.6 is 11.3 Å². The summed E-state index contributed by atoms with van der Waals surface area (Å²) in [4.78, 5) is 0. The van der Waals surface area contributed by atoms with E-state index in [1.807, 2.05) is 0 Å². The molecule has 1 aliphatic carbocycles. The Kier molecular flexibility index (Phi) is 3.01. The molecule has 1 N–H and O–H groups in total. The van der Waals surface area contributed by atoms with Crippen molar-refractivity contribution in [3.63, 3.8) is 0 Å². The Morgan fingerprint density at radius 1 is 1.62 bits per heavy atom. The Balaban J connectivity index is 1.72. The van der Waals surface area contributed by atoms with Gasteiger partial charge in [0.1, 0.15) is 0 Å². The van der Waals surface area contributed by atoms with E-state index in [1.165, 1.54) is 24.8 Å². The maximum atomic E-state index is 3.59. The average molecular weight is 195 g/mol. The Bertz CT molecular complexity index is 239. The minimum absolute atomic E-state index is 0.702. The quantitative estimate of drug-likeness (QED) is 0.778. The highest BCUT2D eigenvalue weighted by Crippen LogP contribution is 2.29. The van der Waals surface area contributed by atoms with Gasteiger partial charge < -0.3 is 5.32 Å². The Morgan fingerprint density at radius 2 is 2.46 bits per heavy atom. The van der Waals surface area contributed by atoms with Crippen molar-refractivity contribution in [2.45, 2.75) is 38.8 Å².